The van der Waals surface area contributed by atoms with Crippen molar-refractivity contribution in [2.45, 2.75) is 18.8 Å². The van der Waals surface area contributed by atoms with Crippen LogP contribution in [0.1, 0.15) is 34.0 Å². The van der Waals surface area contributed by atoms with E-state index in [2.05, 4.69) is 34.6 Å². The van der Waals surface area contributed by atoms with E-state index < -0.39 is 0 Å². The number of hydrogen-bond donors (Lipinski definition) is 1. The van der Waals surface area contributed by atoms with Crippen molar-refractivity contribution in [3.05, 3.63) is 71.4 Å². The van der Waals surface area contributed by atoms with E-state index in [4.69, 9.17) is 4.74 Å². The molecule has 1 unspecified atom stereocenters. The second kappa shape index (κ2) is 7.26. The fourth-order valence-corrected chi connectivity index (χ4v) is 3.58. The summed E-state index contributed by atoms with van der Waals surface area (Å²) in [5.74, 6) is 1.28. The minimum atomic E-state index is 0.00401. The van der Waals surface area contributed by atoms with E-state index in [0.717, 1.165) is 29.6 Å². The van der Waals surface area contributed by atoms with Crippen molar-refractivity contribution in [1.82, 2.24) is 10.3 Å². The number of fused-ring (bicyclic) bond motifs is 1. The van der Waals surface area contributed by atoms with E-state index in [1.807, 2.05) is 24.3 Å². The molecule has 4 nitrogen and oxygen atoms in total. The second-order valence-corrected chi connectivity index (χ2v) is 6.76. The van der Waals surface area contributed by atoms with Crippen LogP contribution in [0.25, 0.3) is 10.9 Å². The number of nitrogens with zero attached hydrogens (tertiary/aromatic N) is 1. The van der Waals surface area contributed by atoms with Crippen molar-refractivity contribution >= 4 is 16.7 Å². The maximum absolute atomic E-state index is 12.7. The van der Waals surface area contributed by atoms with Crippen LogP contribution in [0.15, 0.2) is 54.6 Å². The number of ether oxygens (including phenoxy) is 1. The second-order valence-electron chi connectivity index (χ2n) is 6.76. The number of carbonyl (C=O) groups is 1. The Balaban J connectivity index is 1.55. The van der Waals surface area contributed by atoms with E-state index in [0.29, 0.717) is 23.8 Å². The van der Waals surface area contributed by atoms with Crippen molar-refractivity contribution in [3.63, 3.8) is 0 Å². The van der Waals surface area contributed by atoms with Crippen LogP contribution in [-0.2, 0) is 6.42 Å². The number of methoxy groups -OCH3 is 1. The molecule has 3 aromatic rings. The van der Waals surface area contributed by atoms with Gasteiger partial charge in [-0.3, -0.25) is 4.79 Å². The fraction of sp³-hybridized carbons (Fsp3) is 0.273. The molecule has 0 radical (unpaired) electrons. The van der Waals surface area contributed by atoms with Gasteiger partial charge in [-0.2, -0.15) is 0 Å². The topological polar surface area (TPSA) is 51.2 Å². The SMILES string of the molecule is COc1cc(C(=O)Cc2ccc(C3CCNC3)cc2)nc2ccccc12. The lowest BCUT2D eigenvalue weighted by Crippen LogP contribution is -2.09. The molecule has 1 atom stereocenters. The summed E-state index contributed by atoms with van der Waals surface area (Å²) in [5.41, 5.74) is 3.58. The van der Waals surface area contributed by atoms with Gasteiger partial charge in [0.2, 0.25) is 0 Å². The Kier molecular flexibility index (Phi) is 4.67. The number of para-hydroxylation sites is 1. The smallest absolute Gasteiger partial charge is 0.185 e. The zero-order valence-electron chi connectivity index (χ0n) is 14.9. The molecule has 1 aliphatic rings. The van der Waals surface area contributed by atoms with Crippen LogP contribution in [0, 0.1) is 0 Å². The molecule has 0 spiro atoms. The number of carbonyl (C=O) groups excluding carboxylic acids is 1. The molecular weight excluding hydrogens is 324 g/mol. The Morgan fingerprint density at radius 2 is 2.00 bits per heavy atom. The lowest BCUT2D eigenvalue weighted by molar-refractivity contribution is 0.0988. The standard InChI is InChI=1S/C22H22N2O2/c1-26-22-13-20(24-19-5-3-2-4-18(19)22)21(25)12-15-6-8-16(9-7-15)17-10-11-23-14-17/h2-9,13,17,23H,10-12,14H2,1H3. The molecule has 1 aromatic heterocycles. The van der Waals surface area contributed by atoms with Crippen LogP contribution >= 0.6 is 0 Å². The molecule has 4 rings (SSSR count). The molecule has 0 aliphatic carbocycles. The number of ketones is 1. The summed E-state index contributed by atoms with van der Waals surface area (Å²) in [6, 6.07) is 17.9. The van der Waals surface area contributed by atoms with Gasteiger partial charge in [-0.05, 0) is 42.1 Å². The summed E-state index contributed by atoms with van der Waals surface area (Å²) in [5, 5.41) is 4.31. The van der Waals surface area contributed by atoms with Gasteiger partial charge in [-0.15, -0.1) is 0 Å². The van der Waals surface area contributed by atoms with Gasteiger partial charge >= 0.3 is 0 Å². The third kappa shape index (κ3) is 3.33. The molecular formula is C22H22N2O2. The quantitative estimate of drug-likeness (QED) is 0.715. The Morgan fingerprint density at radius 1 is 1.19 bits per heavy atom. The van der Waals surface area contributed by atoms with Crippen molar-refractivity contribution in [2.24, 2.45) is 0 Å². The van der Waals surface area contributed by atoms with Crippen molar-refractivity contribution in [2.75, 3.05) is 20.2 Å². The van der Waals surface area contributed by atoms with E-state index in [9.17, 15) is 4.79 Å². The van der Waals surface area contributed by atoms with Gasteiger partial charge in [0.1, 0.15) is 11.4 Å². The molecule has 132 valence electrons. The van der Waals surface area contributed by atoms with Gasteiger partial charge < -0.3 is 10.1 Å². The first-order valence-corrected chi connectivity index (χ1v) is 9.01. The highest BCUT2D eigenvalue weighted by Gasteiger charge is 2.17. The first kappa shape index (κ1) is 16.7. The van der Waals surface area contributed by atoms with Crippen molar-refractivity contribution < 1.29 is 9.53 Å². The van der Waals surface area contributed by atoms with Crippen LogP contribution in [0.4, 0.5) is 0 Å². The maximum atomic E-state index is 12.7. The molecule has 0 amide bonds. The first-order chi connectivity index (χ1) is 12.7. The molecule has 1 N–H and O–H groups in total. The minimum Gasteiger partial charge on any atom is -0.496 e. The number of Topliss-reactive ketones (excluding diaryl/α,β-unsaturated/α-hetero) is 1. The normalized spacial score (nSPS) is 16.7. The highest BCUT2D eigenvalue weighted by molar-refractivity contribution is 5.99. The molecule has 2 heterocycles. The predicted molar refractivity (Wildman–Crippen MR) is 103 cm³/mol. The molecule has 0 saturated carbocycles. The monoisotopic (exact) mass is 346 g/mol. The van der Waals surface area contributed by atoms with E-state index >= 15 is 0 Å². The van der Waals surface area contributed by atoms with Crippen LogP contribution in [0.3, 0.4) is 0 Å². The van der Waals surface area contributed by atoms with Crippen LogP contribution in [0.2, 0.25) is 0 Å². The first-order valence-electron chi connectivity index (χ1n) is 9.01. The number of nitrogens with one attached hydrogen (secondary N) is 1. The van der Waals surface area contributed by atoms with Crippen LogP contribution < -0.4 is 10.1 Å². The lowest BCUT2D eigenvalue weighted by atomic mass is 9.96. The number of hydrogen-bond acceptors (Lipinski definition) is 4. The molecule has 1 aliphatic heterocycles. The molecule has 4 heteroatoms. The van der Waals surface area contributed by atoms with Gasteiger partial charge in [-0.1, -0.05) is 36.4 Å². The zero-order valence-corrected chi connectivity index (χ0v) is 14.9. The molecule has 0 bridgehead atoms. The van der Waals surface area contributed by atoms with E-state index in [-0.39, 0.29) is 5.78 Å². The molecule has 2 aromatic carbocycles. The van der Waals surface area contributed by atoms with Gasteiger partial charge in [0.25, 0.3) is 0 Å². The van der Waals surface area contributed by atoms with E-state index in [1.165, 1.54) is 12.0 Å². The van der Waals surface area contributed by atoms with Crippen LogP contribution in [0.5, 0.6) is 5.75 Å². The summed E-state index contributed by atoms with van der Waals surface area (Å²) in [6.45, 7) is 2.12. The van der Waals surface area contributed by atoms with Gasteiger partial charge in [0, 0.05) is 24.4 Å². The highest BCUT2D eigenvalue weighted by Crippen LogP contribution is 2.26. The fourth-order valence-electron chi connectivity index (χ4n) is 3.58. The Bertz CT molecular complexity index is 929. The highest BCUT2D eigenvalue weighted by atomic mass is 16.5. The van der Waals surface area contributed by atoms with E-state index in [1.54, 1.807) is 13.2 Å². The third-order valence-electron chi connectivity index (χ3n) is 5.06. The summed E-state index contributed by atoms with van der Waals surface area (Å²) in [6.07, 6.45) is 1.52. The average molecular weight is 346 g/mol. The largest absolute Gasteiger partial charge is 0.496 e. The predicted octanol–water partition coefficient (Wildman–Crippen LogP) is 3.75. The van der Waals surface area contributed by atoms with Gasteiger partial charge in [0.05, 0.1) is 12.6 Å². The summed E-state index contributed by atoms with van der Waals surface area (Å²) in [7, 11) is 1.62. The number of aromatic nitrogens is 1. The Hall–Kier alpha value is -2.72. The van der Waals surface area contributed by atoms with Crippen molar-refractivity contribution in [1.29, 1.82) is 0 Å². The van der Waals surface area contributed by atoms with Crippen molar-refractivity contribution in [3.8, 4) is 5.75 Å². The average Bonchev–Trinajstić information content (AvgIpc) is 3.22. The van der Waals surface area contributed by atoms with Gasteiger partial charge in [-0.25, -0.2) is 4.98 Å². The molecule has 1 fully saturated rings. The number of pyridine rings is 1. The summed E-state index contributed by atoms with van der Waals surface area (Å²) < 4.78 is 5.44. The summed E-state index contributed by atoms with van der Waals surface area (Å²) >= 11 is 0. The molecule has 1 saturated heterocycles. The minimum absolute atomic E-state index is 0.00401. The third-order valence-corrected chi connectivity index (χ3v) is 5.06. The zero-order chi connectivity index (χ0) is 17.9. The molecule has 26 heavy (non-hydrogen) atoms. The van der Waals surface area contributed by atoms with Crippen LogP contribution in [-0.4, -0.2) is 31.0 Å². The number of rotatable bonds is 5. The number of benzene rings is 2. The Labute approximate surface area is 153 Å². The maximum Gasteiger partial charge on any atom is 0.185 e. The Morgan fingerprint density at radius 3 is 2.73 bits per heavy atom. The van der Waals surface area contributed by atoms with Gasteiger partial charge in [0.15, 0.2) is 5.78 Å². The summed E-state index contributed by atoms with van der Waals surface area (Å²) in [4.78, 5) is 17.3. The lowest BCUT2D eigenvalue weighted by Gasteiger charge is -2.10.